The lowest BCUT2D eigenvalue weighted by atomic mass is 10.1. The quantitative estimate of drug-likeness (QED) is 0.506. The number of nitrogens with zero attached hydrogens (tertiary/aromatic N) is 1. The monoisotopic (exact) mass is 454 g/mol. The van der Waals surface area contributed by atoms with Crippen molar-refractivity contribution in [3.05, 3.63) is 68.7 Å². The van der Waals surface area contributed by atoms with Crippen LogP contribution in [0.1, 0.15) is 37.8 Å². The zero-order chi connectivity index (χ0) is 21.4. The van der Waals surface area contributed by atoms with E-state index in [1.807, 2.05) is 12.1 Å². The highest BCUT2D eigenvalue weighted by Crippen LogP contribution is 2.23. The minimum atomic E-state index is -0.624. The van der Waals surface area contributed by atoms with Crippen molar-refractivity contribution < 1.29 is 9.59 Å². The van der Waals surface area contributed by atoms with Gasteiger partial charge in [-0.1, -0.05) is 66.3 Å². The highest BCUT2D eigenvalue weighted by atomic mass is 35.5. The summed E-state index contributed by atoms with van der Waals surface area (Å²) in [6, 6.07) is 11.6. The Morgan fingerprint density at radius 1 is 1.03 bits per heavy atom. The largest absolute Gasteiger partial charge is 0.354 e. The average molecular weight is 456 g/mol. The molecule has 2 amide bonds. The van der Waals surface area contributed by atoms with E-state index in [0.717, 1.165) is 18.4 Å². The molecule has 7 heteroatoms. The summed E-state index contributed by atoms with van der Waals surface area (Å²) in [7, 11) is 0. The van der Waals surface area contributed by atoms with Crippen LogP contribution in [0.4, 0.5) is 0 Å². The number of hydrogen-bond acceptors (Lipinski definition) is 2. The Labute approximate surface area is 187 Å². The maximum Gasteiger partial charge on any atom is 0.242 e. The summed E-state index contributed by atoms with van der Waals surface area (Å²) in [4.78, 5) is 27.3. The molecule has 0 radical (unpaired) electrons. The summed E-state index contributed by atoms with van der Waals surface area (Å²) >= 11 is 18.1. The van der Waals surface area contributed by atoms with Gasteiger partial charge in [-0.25, -0.2) is 0 Å². The highest BCUT2D eigenvalue weighted by Gasteiger charge is 2.26. The van der Waals surface area contributed by atoms with Gasteiger partial charge < -0.3 is 10.2 Å². The van der Waals surface area contributed by atoms with Gasteiger partial charge in [0.1, 0.15) is 6.04 Å². The lowest BCUT2D eigenvalue weighted by Crippen LogP contribution is -2.48. The molecule has 0 aliphatic rings. The molecule has 0 heterocycles. The summed E-state index contributed by atoms with van der Waals surface area (Å²) in [5.41, 5.74) is 1.55. The lowest BCUT2D eigenvalue weighted by Gasteiger charge is -2.29. The summed E-state index contributed by atoms with van der Waals surface area (Å²) in [5, 5.41) is 4.45. The second-order valence-corrected chi connectivity index (χ2v) is 8.16. The molecule has 156 valence electrons. The minimum Gasteiger partial charge on any atom is -0.354 e. The number of nitrogens with one attached hydrogen (secondary N) is 1. The lowest BCUT2D eigenvalue weighted by molar-refractivity contribution is -0.140. The molecule has 0 aliphatic carbocycles. The maximum absolute atomic E-state index is 13.1. The van der Waals surface area contributed by atoms with Gasteiger partial charge in [0.25, 0.3) is 0 Å². The van der Waals surface area contributed by atoms with Gasteiger partial charge in [-0.2, -0.15) is 0 Å². The maximum atomic E-state index is 13.1. The Morgan fingerprint density at radius 3 is 2.31 bits per heavy atom. The summed E-state index contributed by atoms with van der Waals surface area (Å²) in [6.07, 6.45) is 1.96. The summed E-state index contributed by atoms with van der Waals surface area (Å²) < 4.78 is 0. The number of carbonyl (C=O) groups is 2. The van der Waals surface area contributed by atoms with Crippen molar-refractivity contribution in [3.63, 3.8) is 0 Å². The number of halogens is 3. The van der Waals surface area contributed by atoms with Crippen molar-refractivity contribution in [2.24, 2.45) is 0 Å². The van der Waals surface area contributed by atoms with Gasteiger partial charge >= 0.3 is 0 Å². The molecule has 0 saturated carbocycles. The van der Waals surface area contributed by atoms with E-state index in [4.69, 9.17) is 34.8 Å². The van der Waals surface area contributed by atoms with Crippen LogP contribution in [0.15, 0.2) is 42.5 Å². The Morgan fingerprint density at radius 2 is 1.69 bits per heavy atom. The minimum absolute atomic E-state index is 0.0795. The molecule has 0 unspecified atom stereocenters. The van der Waals surface area contributed by atoms with Crippen LogP contribution in [0.2, 0.25) is 15.1 Å². The third-order valence-corrected chi connectivity index (χ3v) is 5.46. The van der Waals surface area contributed by atoms with Crippen LogP contribution in [-0.2, 0) is 22.6 Å². The third-order valence-electron chi connectivity index (χ3n) is 4.62. The van der Waals surface area contributed by atoms with Crippen LogP contribution in [0.5, 0.6) is 0 Å². The van der Waals surface area contributed by atoms with E-state index >= 15 is 0 Å². The average Bonchev–Trinajstić information content (AvgIpc) is 2.69. The Bertz CT molecular complexity index is 840. The molecular formula is C22H25Cl3N2O2. The van der Waals surface area contributed by atoms with Gasteiger partial charge in [0, 0.05) is 28.2 Å². The SMILES string of the molecule is CCCCNC(=O)[C@H](C)N(Cc1ccc(Cl)cc1)C(=O)Cc1ccc(Cl)cc1Cl. The molecular weight excluding hydrogens is 431 g/mol. The molecule has 2 aromatic rings. The van der Waals surface area contributed by atoms with Crippen LogP contribution in [-0.4, -0.2) is 29.3 Å². The van der Waals surface area contributed by atoms with Crippen molar-refractivity contribution >= 4 is 46.6 Å². The van der Waals surface area contributed by atoms with Crippen LogP contribution < -0.4 is 5.32 Å². The van der Waals surface area contributed by atoms with Crippen molar-refractivity contribution in [3.8, 4) is 0 Å². The Kier molecular flexibility index (Phi) is 9.28. The first-order chi connectivity index (χ1) is 13.8. The van der Waals surface area contributed by atoms with Crippen molar-refractivity contribution in [2.75, 3.05) is 6.54 Å². The van der Waals surface area contributed by atoms with Crippen LogP contribution in [0.25, 0.3) is 0 Å². The number of hydrogen-bond donors (Lipinski definition) is 1. The van der Waals surface area contributed by atoms with E-state index in [0.29, 0.717) is 33.7 Å². The molecule has 0 aromatic heterocycles. The van der Waals surface area contributed by atoms with Crippen LogP contribution in [0, 0.1) is 0 Å². The molecule has 0 aliphatic heterocycles. The van der Waals surface area contributed by atoms with Crippen molar-refractivity contribution in [1.29, 1.82) is 0 Å². The molecule has 4 nitrogen and oxygen atoms in total. The van der Waals surface area contributed by atoms with E-state index in [-0.39, 0.29) is 18.2 Å². The van der Waals surface area contributed by atoms with Gasteiger partial charge in [0.15, 0.2) is 0 Å². The molecule has 1 N–H and O–H groups in total. The predicted molar refractivity (Wildman–Crippen MR) is 120 cm³/mol. The Balaban J connectivity index is 2.20. The van der Waals surface area contributed by atoms with Crippen LogP contribution >= 0.6 is 34.8 Å². The fourth-order valence-corrected chi connectivity index (χ4v) is 3.44. The van der Waals surface area contributed by atoms with E-state index in [9.17, 15) is 9.59 Å². The zero-order valence-electron chi connectivity index (χ0n) is 16.6. The smallest absolute Gasteiger partial charge is 0.242 e. The molecule has 2 aromatic carbocycles. The molecule has 0 saturated heterocycles. The van der Waals surface area contributed by atoms with Crippen molar-refractivity contribution in [2.45, 2.75) is 45.7 Å². The normalized spacial score (nSPS) is 11.8. The summed E-state index contributed by atoms with van der Waals surface area (Å²) in [5.74, 6) is -0.370. The first-order valence-electron chi connectivity index (χ1n) is 9.57. The predicted octanol–water partition coefficient (Wildman–Crippen LogP) is 5.52. The van der Waals surface area contributed by atoms with Gasteiger partial charge in [-0.15, -0.1) is 0 Å². The second kappa shape index (κ2) is 11.4. The number of rotatable bonds is 9. The van der Waals surface area contributed by atoms with E-state index < -0.39 is 6.04 Å². The first kappa shape index (κ1) is 23.5. The third kappa shape index (κ3) is 7.22. The molecule has 0 bridgehead atoms. The van der Waals surface area contributed by atoms with Gasteiger partial charge in [0.05, 0.1) is 6.42 Å². The number of carbonyl (C=O) groups excluding carboxylic acids is 2. The van der Waals surface area contributed by atoms with E-state index in [1.165, 1.54) is 0 Å². The van der Waals surface area contributed by atoms with Gasteiger partial charge in [-0.3, -0.25) is 9.59 Å². The standard InChI is InChI=1S/C22H25Cl3N2O2/c1-3-4-11-26-22(29)15(2)27(14-16-5-8-18(23)9-6-16)21(28)12-17-7-10-19(24)13-20(17)25/h5-10,13,15H,3-4,11-12,14H2,1-2H3,(H,26,29)/t15-/m0/s1. The topological polar surface area (TPSA) is 49.4 Å². The molecule has 0 fully saturated rings. The molecule has 29 heavy (non-hydrogen) atoms. The number of amides is 2. The van der Waals surface area contributed by atoms with Gasteiger partial charge in [0.2, 0.25) is 11.8 Å². The van der Waals surface area contributed by atoms with Crippen molar-refractivity contribution in [1.82, 2.24) is 10.2 Å². The van der Waals surface area contributed by atoms with Crippen LogP contribution in [0.3, 0.4) is 0 Å². The first-order valence-corrected chi connectivity index (χ1v) is 10.7. The molecule has 0 spiro atoms. The number of unbranched alkanes of at least 4 members (excludes halogenated alkanes) is 1. The fraction of sp³-hybridized carbons (Fsp3) is 0.364. The highest BCUT2D eigenvalue weighted by molar-refractivity contribution is 6.35. The molecule has 2 rings (SSSR count). The fourth-order valence-electron chi connectivity index (χ4n) is 2.83. The van der Waals surface area contributed by atoms with E-state index in [1.54, 1.807) is 42.2 Å². The van der Waals surface area contributed by atoms with Gasteiger partial charge in [-0.05, 0) is 48.7 Å². The van der Waals surface area contributed by atoms with E-state index in [2.05, 4.69) is 12.2 Å². The Hall–Kier alpha value is -1.75. The molecule has 1 atom stereocenters. The number of benzene rings is 2. The second-order valence-electron chi connectivity index (χ2n) is 6.88. The summed E-state index contributed by atoms with van der Waals surface area (Å²) in [6.45, 7) is 4.68. The zero-order valence-corrected chi connectivity index (χ0v) is 18.8.